The Labute approximate surface area is 149 Å². The second kappa shape index (κ2) is 7.90. The van der Waals surface area contributed by atoms with Gasteiger partial charge in [0.25, 0.3) is 0 Å². The summed E-state index contributed by atoms with van der Waals surface area (Å²) in [5.41, 5.74) is 0.858. The lowest BCUT2D eigenvalue weighted by molar-refractivity contribution is 0.0717. The van der Waals surface area contributed by atoms with E-state index in [1.54, 1.807) is 60.7 Å². The molecule has 5 nitrogen and oxygen atoms in total. The van der Waals surface area contributed by atoms with Crippen molar-refractivity contribution in [2.45, 2.75) is 0 Å². The molecule has 0 bridgehead atoms. The van der Waals surface area contributed by atoms with E-state index in [1.807, 2.05) is 0 Å². The van der Waals surface area contributed by atoms with Crippen molar-refractivity contribution in [3.8, 4) is 11.5 Å². The topological polar surface area (TPSA) is 69.7 Å². The van der Waals surface area contributed by atoms with Crippen LogP contribution in [0.25, 0.3) is 0 Å². The highest BCUT2D eigenvalue weighted by Gasteiger charge is 2.14. The van der Waals surface area contributed by atoms with Crippen molar-refractivity contribution in [1.29, 1.82) is 0 Å². The van der Waals surface area contributed by atoms with Gasteiger partial charge in [0, 0.05) is 0 Å². The fourth-order valence-electron chi connectivity index (χ4n) is 2.25. The zero-order chi connectivity index (χ0) is 18.4. The van der Waals surface area contributed by atoms with Crippen molar-refractivity contribution in [2.24, 2.45) is 0 Å². The quantitative estimate of drug-likeness (QED) is 0.398. The number of rotatable bonds is 5. The lowest BCUT2D eigenvalue weighted by Gasteiger charge is -2.09. The van der Waals surface area contributed by atoms with E-state index in [0.717, 1.165) is 0 Å². The van der Waals surface area contributed by atoms with Crippen LogP contribution in [0.3, 0.4) is 0 Å². The van der Waals surface area contributed by atoms with Crippen molar-refractivity contribution in [3.63, 3.8) is 0 Å². The van der Waals surface area contributed by atoms with Gasteiger partial charge in [-0.25, -0.2) is 9.59 Å². The summed E-state index contributed by atoms with van der Waals surface area (Å²) < 4.78 is 10.5. The van der Waals surface area contributed by atoms with Crippen LogP contribution in [0.15, 0.2) is 78.9 Å². The summed E-state index contributed by atoms with van der Waals surface area (Å²) in [5, 5.41) is 0. The summed E-state index contributed by atoms with van der Waals surface area (Å²) in [6.07, 6.45) is 0.535. The van der Waals surface area contributed by atoms with Gasteiger partial charge in [-0.2, -0.15) is 0 Å². The monoisotopic (exact) mass is 346 g/mol. The van der Waals surface area contributed by atoms with Gasteiger partial charge in [0.1, 0.15) is 11.5 Å². The predicted octanol–water partition coefficient (Wildman–Crippen LogP) is 3.94. The summed E-state index contributed by atoms with van der Waals surface area (Å²) in [5.74, 6) is -0.854. The molecule has 26 heavy (non-hydrogen) atoms. The SMILES string of the molecule is O=Cc1cc(OC(=O)c2ccccc2)ccc1OC(=O)c1ccccc1. The van der Waals surface area contributed by atoms with Crippen molar-refractivity contribution in [2.75, 3.05) is 0 Å². The Kier molecular flexibility index (Phi) is 5.19. The molecule has 0 atom stereocenters. The lowest BCUT2D eigenvalue weighted by Crippen LogP contribution is -2.11. The van der Waals surface area contributed by atoms with Gasteiger partial charge in [-0.05, 0) is 42.5 Å². The number of ether oxygens (including phenoxy) is 2. The smallest absolute Gasteiger partial charge is 0.343 e. The van der Waals surface area contributed by atoms with Crippen LogP contribution < -0.4 is 9.47 Å². The predicted molar refractivity (Wildman–Crippen MR) is 94.6 cm³/mol. The summed E-state index contributed by atoms with van der Waals surface area (Å²) in [6, 6.07) is 21.1. The van der Waals surface area contributed by atoms with E-state index < -0.39 is 11.9 Å². The normalized spacial score (nSPS) is 10.0. The maximum Gasteiger partial charge on any atom is 0.343 e. The zero-order valence-corrected chi connectivity index (χ0v) is 13.6. The molecule has 3 aromatic carbocycles. The second-order valence-electron chi connectivity index (χ2n) is 5.33. The number of esters is 2. The molecule has 0 aliphatic rings. The Morgan fingerprint density at radius 3 is 1.77 bits per heavy atom. The number of benzene rings is 3. The average Bonchev–Trinajstić information content (AvgIpc) is 2.70. The highest BCUT2D eigenvalue weighted by molar-refractivity contribution is 5.93. The Balaban J connectivity index is 1.76. The molecular formula is C21H14O5. The van der Waals surface area contributed by atoms with E-state index in [4.69, 9.17) is 9.47 Å². The van der Waals surface area contributed by atoms with Crippen LogP contribution in [0.5, 0.6) is 11.5 Å². The first-order valence-electron chi connectivity index (χ1n) is 7.81. The fourth-order valence-corrected chi connectivity index (χ4v) is 2.25. The van der Waals surface area contributed by atoms with Crippen LogP contribution in [-0.2, 0) is 0 Å². The van der Waals surface area contributed by atoms with E-state index in [9.17, 15) is 14.4 Å². The molecule has 3 aromatic rings. The van der Waals surface area contributed by atoms with Gasteiger partial charge in [0.2, 0.25) is 0 Å². The van der Waals surface area contributed by atoms with Crippen LogP contribution in [-0.4, -0.2) is 18.2 Å². The minimum absolute atomic E-state index is 0.0911. The third-order valence-electron chi connectivity index (χ3n) is 3.54. The maximum absolute atomic E-state index is 12.1. The van der Waals surface area contributed by atoms with E-state index >= 15 is 0 Å². The first-order valence-corrected chi connectivity index (χ1v) is 7.81. The van der Waals surface area contributed by atoms with Crippen LogP contribution in [0.2, 0.25) is 0 Å². The molecular weight excluding hydrogens is 332 g/mol. The largest absolute Gasteiger partial charge is 0.423 e. The summed E-state index contributed by atoms with van der Waals surface area (Å²) in [6.45, 7) is 0. The van der Waals surface area contributed by atoms with Crippen molar-refractivity contribution in [1.82, 2.24) is 0 Å². The average molecular weight is 346 g/mol. The van der Waals surface area contributed by atoms with Crippen LogP contribution >= 0.6 is 0 Å². The van der Waals surface area contributed by atoms with E-state index in [1.165, 1.54) is 18.2 Å². The molecule has 128 valence electrons. The molecule has 0 saturated carbocycles. The number of carbonyl (C=O) groups excluding carboxylic acids is 3. The third kappa shape index (κ3) is 4.02. The third-order valence-corrected chi connectivity index (χ3v) is 3.54. The van der Waals surface area contributed by atoms with Crippen LogP contribution in [0.4, 0.5) is 0 Å². The van der Waals surface area contributed by atoms with E-state index in [-0.39, 0.29) is 17.1 Å². The maximum atomic E-state index is 12.1. The molecule has 0 aromatic heterocycles. The van der Waals surface area contributed by atoms with Gasteiger partial charge < -0.3 is 9.47 Å². The minimum atomic E-state index is -0.581. The van der Waals surface area contributed by atoms with Crippen molar-refractivity contribution in [3.05, 3.63) is 95.6 Å². The van der Waals surface area contributed by atoms with Crippen LogP contribution in [0, 0.1) is 0 Å². The number of carbonyl (C=O) groups is 3. The van der Waals surface area contributed by atoms with Crippen LogP contribution in [0.1, 0.15) is 31.1 Å². The van der Waals surface area contributed by atoms with Gasteiger partial charge >= 0.3 is 11.9 Å². The van der Waals surface area contributed by atoms with Gasteiger partial charge in [0.15, 0.2) is 6.29 Å². The van der Waals surface area contributed by atoms with E-state index in [2.05, 4.69) is 0 Å². The molecule has 0 aliphatic heterocycles. The zero-order valence-electron chi connectivity index (χ0n) is 13.6. The molecule has 0 unspecified atom stereocenters. The standard InChI is InChI=1S/C21H14O5/c22-14-17-13-18(25-20(23)15-7-3-1-4-8-15)11-12-19(17)26-21(24)16-9-5-2-6-10-16/h1-14H. The Hall–Kier alpha value is -3.73. The van der Waals surface area contributed by atoms with Gasteiger partial charge in [-0.15, -0.1) is 0 Å². The fraction of sp³-hybridized carbons (Fsp3) is 0. The van der Waals surface area contributed by atoms with E-state index in [0.29, 0.717) is 17.4 Å². The first kappa shape index (κ1) is 17.1. The molecule has 0 amide bonds. The molecule has 0 radical (unpaired) electrons. The van der Waals surface area contributed by atoms with Gasteiger partial charge in [0.05, 0.1) is 16.7 Å². The Morgan fingerprint density at radius 1 is 0.692 bits per heavy atom. The highest BCUT2D eigenvalue weighted by Crippen LogP contribution is 2.24. The summed E-state index contributed by atoms with van der Waals surface area (Å²) in [4.78, 5) is 35.5. The molecule has 0 saturated heterocycles. The minimum Gasteiger partial charge on any atom is -0.423 e. The lowest BCUT2D eigenvalue weighted by atomic mass is 10.2. The highest BCUT2D eigenvalue weighted by atomic mass is 16.5. The van der Waals surface area contributed by atoms with Crippen molar-refractivity contribution < 1.29 is 23.9 Å². The second-order valence-corrected chi connectivity index (χ2v) is 5.33. The molecule has 0 fully saturated rings. The molecule has 0 N–H and O–H groups in total. The molecule has 0 heterocycles. The molecule has 3 rings (SSSR count). The Bertz CT molecular complexity index is 933. The number of hydrogen-bond donors (Lipinski definition) is 0. The summed E-state index contributed by atoms with van der Waals surface area (Å²) >= 11 is 0. The first-order chi connectivity index (χ1) is 12.7. The Morgan fingerprint density at radius 2 is 1.23 bits per heavy atom. The molecule has 0 spiro atoms. The number of hydrogen-bond acceptors (Lipinski definition) is 5. The van der Waals surface area contributed by atoms with Crippen molar-refractivity contribution >= 4 is 18.2 Å². The molecule has 0 aliphatic carbocycles. The van der Waals surface area contributed by atoms with Gasteiger partial charge in [-0.1, -0.05) is 36.4 Å². The summed E-state index contributed by atoms with van der Waals surface area (Å²) in [7, 11) is 0. The molecule has 5 heteroatoms. The number of aldehydes is 1. The van der Waals surface area contributed by atoms with Gasteiger partial charge in [-0.3, -0.25) is 4.79 Å².